The second-order valence-electron chi connectivity index (χ2n) is 4.56. The van der Waals surface area contributed by atoms with Gasteiger partial charge in [-0.3, -0.25) is 0 Å². The van der Waals surface area contributed by atoms with E-state index < -0.39 is 0 Å². The van der Waals surface area contributed by atoms with Crippen LogP contribution in [0, 0.1) is 0 Å². The highest BCUT2D eigenvalue weighted by Gasteiger charge is 2.39. The molecule has 4 heteroatoms. The van der Waals surface area contributed by atoms with Crippen LogP contribution in [0.4, 0.5) is 4.79 Å². The van der Waals surface area contributed by atoms with Crippen molar-refractivity contribution in [2.24, 2.45) is 0 Å². The lowest BCUT2D eigenvalue weighted by molar-refractivity contribution is 0.220. The number of aliphatic hydroxyl groups is 1. The molecule has 4 nitrogen and oxygen atoms in total. The third-order valence-electron chi connectivity index (χ3n) is 2.99. The van der Waals surface area contributed by atoms with E-state index in [4.69, 9.17) is 5.11 Å². The van der Waals surface area contributed by atoms with Crippen LogP contribution in [0.1, 0.15) is 24.8 Å². The zero-order valence-electron chi connectivity index (χ0n) is 9.89. The van der Waals surface area contributed by atoms with Gasteiger partial charge in [0.15, 0.2) is 0 Å². The third kappa shape index (κ3) is 3.20. The molecule has 1 fully saturated rings. The van der Waals surface area contributed by atoms with Gasteiger partial charge < -0.3 is 15.7 Å². The average molecular weight is 234 g/mol. The van der Waals surface area contributed by atoms with Crippen molar-refractivity contribution in [3.8, 4) is 0 Å². The van der Waals surface area contributed by atoms with E-state index in [-0.39, 0.29) is 24.7 Å². The molecule has 0 aromatic heterocycles. The Balaban J connectivity index is 1.78. The van der Waals surface area contributed by atoms with Crippen LogP contribution in [0.2, 0.25) is 0 Å². The minimum atomic E-state index is -0.205. The van der Waals surface area contributed by atoms with Crippen molar-refractivity contribution in [2.75, 3.05) is 6.61 Å². The predicted molar refractivity (Wildman–Crippen MR) is 65.8 cm³/mol. The van der Waals surface area contributed by atoms with Crippen molar-refractivity contribution >= 4 is 6.03 Å². The van der Waals surface area contributed by atoms with Crippen LogP contribution in [-0.4, -0.2) is 29.8 Å². The fourth-order valence-electron chi connectivity index (χ4n) is 1.90. The highest BCUT2D eigenvalue weighted by molar-refractivity contribution is 5.75. The normalized spacial score (nSPS) is 23.9. The minimum absolute atomic E-state index is 0.0415. The highest BCUT2D eigenvalue weighted by atomic mass is 16.3. The Labute approximate surface area is 101 Å². The summed E-state index contributed by atoms with van der Waals surface area (Å²) in [4.78, 5) is 11.5. The Morgan fingerprint density at radius 3 is 2.82 bits per heavy atom. The molecule has 1 aromatic rings. The summed E-state index contributed by atoms with van der Waals surface area (Å²) in [5, 5.41) is 14.4. The van der Waals surface area contributed by atoms with Crippen LogP contribution in [0.25, 0.3) is 0 Å². The lowest BCUT2D eigenvalue weighted by atomic mass is 10.1. The first-order valence-electron chi connectivity index (χ1n) is 5.93. The summed E-state index contributed by atoms with van der Waals surface area (Å²) >= 11 is 0. The first-order valence-corrected chi connectivity index (χ1v) is 5.93. The Morgan fingerprint density at radius 1 is 1.47 bits per heavy atom. The molecule has 0 bridgehead atoms. The molecule has 0 saturated heterocycles. The SMILES string of the molecule is CC(CO)NC(=O)NC1CC1c1ccccc1. The Kier molecular flexibility index (Phi) is 3.64. The number of hydrogen-bond acceptors (Lipinski definition) is 2. The second-order valence-corrected chi connectivity index (χ2v) is 4.56. The number of urea groups is 1. The molecule has 1 aromatic carbocycles. The van der Waals surface area contributed by atoms with Gasteiger partial charge in [-0.2, -0.15) is 0 Å². The maximum absolute atomic E-state index is 11.5. The molecular weight excluding hydrogens is 216 g/mol. The molecular formula is C13H18N2O2. The maximum atomic E-state index is 11.5. The lowest BCUT2D eigenvalue weighted by Gasteiger charge is -2.11. The van der Waals surface area contributed by atoms with E-state index in [0.29, 0.717) is 5.92 Å². The van der Waals surface area contributed by atoms with Crippen molar-refractivity contribution in [2.45, 2.75) is 31.3 Å². The molecule has 3 unspecified atom stereocenters. The van der Waals surface area contributed by atoms with Crippen LogP contribution in [0.5, 0.6) is 0 Å². The summed E-state index contributed by atoms with van der Waals surface area (Å²) in [6.45, 7) is 1.72. The highest BCUT2D eigenvalue weighted by Crippen LogP contribution is 2.40. The molecule has 1 aliphatic rings. The van der Waals surface area contributed by atoms with Gasteiger partial charge in [0.2, 0.25) is 0 Å². The van der Waals surface area contributed by atoms with Gasteiger partial charge in [0.1, 0.15) is 0 Å². The molecule has 92 valence electrons. The first kappa shape index (κ1) is 11.9. The second kappa shape index (κ2) is 5.19. The summed E-state index contributed by atoms with van der Waals surface area (Å²) in [5.41, 5.74) is 1.27. The smallest absolute Gasteiger partial charge is 0.315 e. The maximum Gasteiger partial charge on any atom is 0.315 e. The standard InChI is InChI=1S/C13H18N2O2/c1-9(8-16)14-13(17)15-12-7-11(12)10-5-3-2-4-6-10/h2-6,9,11-12,16H,7-8H2,1H3,(H2,14,15,17). The third-order valence-corrected chi connectivity index (χ3v) is 2.99. The van der Waals surface area contributed by atoms with Gasteiger partial charge in [-0.05, 0) is 18.9 Å². The number of carbonyl (C=O) groups is 1. The summed E-state index contributed by atoms with van der Waals surface area (Å²) < 4.78 is 0. The number of hydrogen-bond donors (Lipinski definition) is 3. The van der Waals surface area contributed by atoms with E-state index in [2.05, 4.69) is 22.8 Å². The molecule has 3 N–H and O–H groups in total. The van der Waals surface area contributed by atoms with E-state index in [1.54, 1.807) is 6.92 Å². The van der Waals surface area contributed by atoms with Crippen molar-refractivity contribution in [1.82, 2.24) is 10.6 Å². The van der Waals surface area contributed by atoms with E-state index >= 15 is 0 Å². The van der Waals surface area contributed by atoms with E-state index in [1.807, 2.05) is 18.2 Å². The molecule has 0 spiro atoms. The molecule has 0 radical (unpaired) electrons. The zero-order chi connectivity index (χ0) is 12.3. The van der Waals surface area contributed by atoms with Crippen LogP contribution < -0.4 is 10.6 Å². The number of amides is 2. The summed E-state index contributed by atoms with van der Waals surface area (Å²) in [7, 11) is 0. The molecule has 2 rings (SSSR count). The van der Waals surface area contributed by atoms with Crippen LogP contribution in [-0.2, 0) is 0 Å². The minimum Gasteiger partial charge on any atom is -0.394 e. The van der Waals surface area contributed by atoms with Gasteiger partial charge in [0.05, 0.1) is 12.6 Å². The van der Waals surface area contributed by atoms with Gasteiger partial charge in [0.25, 0.3) is 0 Å². The van der Waals surface area contributed by atoms with Crippen LogP contribution in [0.3, 0.4) is 0 Å². The van der Waals surface area contributed by atoms with Crippen LogP contribution >= 0.6 is 0 Å². The summed E-state index contributed by atoms with van der Waals surface area (Å²) in [6.07, 6.45) is 0.991. The van der Waals surface area contributed by atoms with Gasteiger partial charge >= 0.3 is 6.03 Å². The van der Waals surface area contributed by atoms with Gasteiger partial charge in [-0.1, -0.05) is 30.3 Å². The van der Waals surface area contributed by atoms with Gasteiger partial charge in [0, 0.05) is 12.0 Å². The summed E-state index contributed by atoms with van der Waals surface area (Å²) in [5.74, 6) is 0.436. The fraction of sp³-hybridized carbons (Fsp3) is 0.462. The predicted octanol–water partition coefficient (Wildman–Crippen LogP) is 1.22. The number of nitrogens with one attached hydrogen (secondary N) is 2. The molecule has 0 aliphatic heterocycles. The van der Waals surface area contributed by atoms with Crippen molar-refractivity contribution in [1.29, 1.82) is 0 Å². The topological polar surface area (TPSA) is 61.4 Å². The monoisotopic (exact) mass is 234 g/mol. The fourth-order valence-corrected chi connectivity index (χ4v) is 1.90. The Bertz CT molecular complexity index is 380. The van der Waals surface area contributed by atoms with Crippen molar-refractivity contribution in [3.05, 3.63) is 35.9 Å². The average Bonchev–Trinajstić information content (AvgIpc) is 3.09. The Hall–Kier alpha value is -1.55. The molecule has 1 aliphatic carbocycles. The van der Waals surface area contributed by atoms with Crippen molar-refractivity contribution < 1.29 is 9.90 Å². The van der Waals surface area contributed by atoms with E-state index in [9.17, 15) is 4.79 Å². The van der Waals surface area contributed by atoms with E-state index in [1.165, 1.54) is 5.56 Å². The molecule has 3 atom stereocenters. The number of carbonyl (C=O) groups excluding carboxylic acids is 1. The number of benzene rings is 1. The lowest BCUT2D eigenvalue weighted by Crippen LogP contribution is -2.43. The molecule has 0 heterocycles. The largest absolute Gasteiger partial charge is 0.394 e. The Morgan fingerprint density at radius 2 is 2.18 bits per heavy atom. The quantitative estimate of drug-likeness (QED) is 0.733. The molecule has 1 saturated carbocycles. The number of aliphatic hydroxyl groups excluding tert-OH is 1. The number of rotatable bonds is 4. The van der Waals surface area contributed by atoms with Gasteiger partial charge in [-0.15, -0.1) is 0 Å². The summed E-state index contributed by atoms with van der Waals surface area (Å²) in [6, 6.07) is 10.0. The van der Waals surface area contributed by atoms with Gasteiger partial charge in [-0.25, -0.2) is 4.79 Å². The van der Waals surface area contributed by atoms with Crippen LogP contribution in [0.15, 0.2) is 30.3 Å². The zero-order valence-corrected chi connectivity index (χ0v) is 9.89. The molecule has 17 heavy (non-hydrogen) atoms. The first-order chi connectivity index (χ1) is 8.20. The molecule has 2 amide bonds. The van der Waals surface area contributed by atoms with E-state index in [0.717, 1.165) is 6.42 Å². The van der Waals surface area contributed by atoms with Crippen molar-refractivity contribution in [3.63, 3.8) is 0 Å².